The molecule has 0 radical (unpaired) electrons. The predicted octanol–water partition coefficient (Wildman–Crippen LogP) is 0.551. The largest absolute Gasteiger partial charge is 0.483 e. The third-order valence-corrected chi connectivity index (χ3v) is 5.20. The molecule has 0 bridgehead atoms. The van der Waals surface area contributed by atoms with Gasteiger partial charge in [0, 0.05) is 32.4 Å². The van der Waals surface area contributed by atoms with Crippen LogP contribution in [-0.4, -0.2) is 83.2 Å². The second-order valence-corrected chi connectivity index (χ2v) is 7.57. The minimum absolute atomic E-state index is 0.0319. The Balaban J connectivity index is 1.42. The highest BCUT2D eigenvalue weighted by Crippen LogP contribution is 2.33. The number of nitrogens with zero attached hydrogens (tertiary/aromatic N) is 5. The summed E-state index contributed by atoms with van der Waals surface area (Å²) in [5, 5.41) is 23.3. The summed E-state index contributed by atoms with van der Waals surface area (Å²) in [4.78, 5) is 31.9. The van der Waals surface area contributed by atoms with E-state index in [-0.39, 0.29) is 25.5 Å². The molecule has 2 aromatic rings. The van der Waals surface area contributed by atoms with Crippen molar-refractivity contribution in [2.75, 3.05) is 50.9 Å². The van der Waals surface area contributed by atoms with Gasteiger partial charge in [0.15, 0.2) is 11.3 Å². The van der Waals surface area contributed by atoms with Crippen LogP contribution in [0.1, 0.15) is 17.5 Å². The number of aliphatic hydroxyl groups is 1. The molecule has 35 heavy (non-hydrogen) atoms. The molecule has 0 aliphatic carbocycles. The van der Waals surface area contributed by atoms with Crippen LogP contribution in [0.5, 0.6) is 5.75 Å². The number of pyridine rings is 1. The SMILES string of the molecule is N#Cc1ccc(N2CCN(C(=O)CCOC[C@H](CO)Oc3cn[nH]c(=O)c3C(F)(F)F)CC2)nc1. The maximum Gasteiger partial charge on any atom is 0.425 e. The van der Waals surface area contributed by atoms with Crippen LogP contribution in [0.25, 0.3) is 0 Å². The number of aliphatic hydroxyl groups excluding tert-OH is 1. The Kier molecular flexibility index (Phi) is 8.61. The van der Waals surface area contributed by atoms with Gasteiger partial charge in [-0.2, -0.15) is 23.5 Å². The molecule has 3 heterocycles. The van der Waals surface area contributed by atoms with Crippen LogP contribution in [-0.2, 0) is 15.7 Å². The minimum Gasteiger partial charge on any atom is -0.483 e. The van der Waals surface area contributed by atoms with E-state index in [1.54, 1.807) is 22.1 Å². The van der Waals surface area contributed by atoms with Crippen molar-refractivity contribution in [3.8, 4) is 11.8 Å². The molecule has 188 valence electrons. The molecule has 1 aliphatic rings. The molecule has 1 aliphatic heterocycles. The van der Waals surface area contributed by atoms with Gasteiger partial charge in [-0.15, -0.1) is 0 Å². The summed E-state index contributed by atoms with van der Waals surface area (Å²) in [5.41, 5.74) is -2.56. The number of halogens is 3. The summed E-state index contributed by atoms with van der Waals surface area (Å²) in [5.74, 6) is -0.259. The van der Waals surface area contributed by atoms with Gasteiger partial charge in [0.05, 0.1) is 38.0 Å². The highest BCUT2D eigenvalue weighted by molar-refractivity contribution is 5.76. The van der Waals surface area contributed by atoms with E-state index in [2.05, 4.69) is 10.1 Å². The number of nitrogens with one attached hydrogen (secondary N) is 1. The lowest BCUT2D eigenvalue weighted by atomic mass is 10.2. The fraction of sp³-hybridized carbons (Fsp3) is 0.476. The van der Waals surface area contributed by atoms with Crippen molar-refractivity contribution < 1.29 is 32.5 Å². The fourth-order valence-corrected chi connectivity index (χ4v) is 3.40. The van der Waals surface area contributed by atoms with Gasteiger partial charge in [0.2, 0.25) is 5.91 Å². The van der Waals surface area contributed by atoms with Crippen LogP contribution in [0, 0.1) is 11.3 Å². The molecule has 3 rings (SSSR count). The van der Waals surface area contributed by atoms with E-state index in [9.17, 15) is 27.9 Å². The van der Waals surface area contributed by atoms with Gasteiger partial charge < -0.3 is 24.4 Å². The molecule has 11 nitrogen and oxygen atoms in total. The summed E-state index contributed by atoms with van der Waals surface area (Å²) >= 11 is 0. The third-order valence-electron chi connectivity index (χ3n) is 5.20. The fourth-order valence-electron chi connectivity index (χ4n) is 3.40. The van der Waals surface area contributed by atoms with Gasteiger partial charge in [-0.3, -0.25) is 9.59 Å². The third kappa shape index (κ3) is 6.90. The zero-order chi connectivity index (χ0) is 25.4. The molecule has 1 atom stereocenters. The van der Waals surface area contributed by atoms with E-state index in [4.69, 9.17) is 14.7 Å². The van der Waals surface area contributed by atoms with E-state index in [1.807, 2.05) is 11.0 Å². The van der Waals surface area contributed by atoms with Gasteiger partial charge in [-0.05, 0) is 12.1 Å². The number of amides is 1. The number of anilines is 1. The molecular weight excluding hydrogens is 473 g/mol. The topological polar surface area (TPSA) is 145 Å². The smallest absolute Gasteiger partial charge is 0.425 e. The Labute approximate surface area is 197 Å². The monoisotopic (exact) mass is 496 g/mol. The minimum atomic E-state index is -4.97. The van der Waals surface area contributed by atoms with Crippen LogP contribution < -0.4 is 15.2 Å². The van der Waals surface area contributed by atoms with Crippen molar-refractivity contribution in [2.45, 2.75) is 18.7 Å². The molecule has 0 spiro atoms. The summed E-state index contributed by atoms with van der Waals surface area (Å²) in [6.07, 6.45) is -3.95. The van der Waals surface area contributed by atoms with Crippen LogP contribution >= 0.6 is 0 Å². The lowest BCUT2D eigenvalue weighted by Crippen LogP contribution is -2.49. The average Bonchev–Trinajstić information content (AvgIpc) is 2.85. The number of hydrogen-bond donors (Lipinski definition) is 2. The summed E-state index contributed by atoms with van der Waals surface area (Å²) in [6.45, 7) is 1.07. The molecule has 0 aromatic carbocycles. The van der Waals surface area contributed by atoms with Crippen molar-refractivity contribution in [1.29, 1.82) is 5.26 Å². The number of ether oxygens (including phenoxy) is 2. The Hall–Kier alpha value is -3.70. The zero-order valence-corrected chi connectivity index (χ0v) is 18.5. The number of rotatable bonds is 9. The number of H-pyrrole nitrogens is 1. The predicted molar refractivity (Wildman–Crippen MR) is 115 cm³/mol. The van der Waals surface area contributed by atoms with Crippen molar-refractivity contribution >= 4 is 11.7 Å². The van der Waals surface area contributed by atoms with Gasteiger partial charge in [-0.25, -0.2) is 10.1 Å². The number of nitriles is 1. The number of aromatic nitrogens is 3. The lowest BCUT2D eigenvalue weighted by Gasteiger charge is -2.35. The highest BCUT2D eigenvalue weighted by atomic mass is 19.4. The maximum absolute atomic E-state index is 13.1. The highest BCUT2D eigenvalue weighted by Gasteiger charge is 2.38. The molecule has 0 saturated carbocycles. The normalized spacial score (nSPS) is 14.9. The number of hydrogen-bond acceptors (Lipinski definition) is 9. The van der Waals surface area contributed by atoms with Crippen molar-refractivity contribution in [3.05, 3.63) is 46.0 Å². The lowest BCUT2D eigenvalue weighted by molar-refractivity contribution is -0.141. The summed E-state index contributed by atoms with van der Waals surface area (Å²) in [6, 6.07) is 5.44. The first-order valence-electron chi connectivity index (χ1n) is 10.6. The number of carbonyl (C=O) groups excluding carboxylic acids is 1. The van der Waals surface area contributed by atoms with E-state index in [0.717, 1.165) is 5.82 Å². The second-order valence-electron chi connectivity index (χ2n) is 7.57. The van der Waals surface area contributed by atoms with Gasteiger partial charge in [0.25, 0.3) is 5.56 Å². The molecule has 2 aromatic heterocycles. The van der Waals surface area contributed by atoms with Crippen LogP contribution in [0.15, 0.2) is 29.3 Å². The quantitative estimate of drug-likeness (QED) is 0.476. The van der Waals surface area contributed by atoms with E-state index < -0.39 is 35.8 Å². The standard InChI is InChI=1S/C21H23F3N6O5/c22-21(23,24)19-16(11-27-28-20(19)33)35-15(12-31)13-34-8-3-18(32)30-6-4-29(5-7-30)17-2-1-14(9-25)10-26-17/h1-2,10-11,15,31H,3-8,12-13H2,(H,28,33)/t15-/m0/s1. The average molecular weight is 496 g/mol. The Morgan fingerprint density at radius 1 is 1.26 bits per heavy atom. The van der Waals surface area contributed by atoms with Crippen LogP contribution in [0.3, 0.4) is 0 Å². The molecule has 1 amide bonds. The first-order valence-corrected chi connectivity index (χ1v) is 10.6. The molecule has 1 fully saturated rings. The second kappa shape index (κ2) is 11.6. The van der Waals surface area contributed by atoms with Crippen molar-refractivity contribution in [2.24, 2.45) is 0 Å². The first kappa shape index (κ1) is 25.9. The number of alkyl halides is 3. The van der Waals surface area contributed by atoms with E-state index in [1.165, 1.54) is 6.20 Å². The zero-order valence-electron chi connectivity index (χ0n) is 18.5. The Bertz CT molecular complexity index is 1090. The van der Waals surface area contributed by atoms with Crippen LogP contribution in [0.2, 0.25) is 0 Å². The molecule has 0 unspecified atom stereocenters. The van der Waals surface area contributed by atoms with Gasteiger partial charge in [-0.1, -0.05) is 0 Å². The molecule has 1 saturated heterocycles. The number of aromatic amines is 1. The van der Waals surface area contributed by atoms with E-state index >= 15 is 0 Å². The van der Waals surface area contributed by atoms with Gasteiger partial charge >= 0.3 is 6.18 Å². The summed E-state index contributed by atoms with van der Waals surface area (Å²) in [7, 11) is 0. The summed E-state index contributed by atoms with van der Waals surface area (Å²) < 4.78 is 49.7. The number of carbonyl (C=O) groups is 1. The molecule has 14 heteroatoms. The maximum atomic E-state index is 13.1. The van der Waals surface area contributed by atoms with Crippen molar-refractivity contribution in [1.82, 2.24) is 20.1 Å². The van der Waals surface area contributed by atoms with E-state index in [0.29, 0.717) is 37.9 Å². The Morgan fingerprint density at radius 3 is 2.60 bits per heavy atom. The Morgan fingerprint density at radius 2 is 2.00 bits per heavy atom. The van der Waals surface area contributed by atoms with Crippen molar-refractivity contribution in [3.63, 3.8) is 0 Å². The van der Waals surface area contributed by atoms with Crippen LogP contribution in [0.4, 0.5) is 19.0 Å². The molecular formula is C21H23F3N6O5. The first-order chi connectivity index (χ1) is 16.7. The number of piperazine rings is 1. The molecule has 2 N–H and O–H groups in total. The van der Waals surface area contributed by atoms with Gasteiger partial charge in [0.1, 0.15) is 18.0 Å².